The number of aliphatic hydroxyl groups is 1. The molecule has 3 nitrogen and oxygen atoms in total. The molecule has 0 aliphatic carbocycles. The van der Waals surface area contributed by atoms with Crippen LogP contribution in [0.2, 0.25) is 0 Å². The van der Waals surface area contributed by atoms with Crippen molar-refractivity contribution in [2.75, 3.05) is 0 Å². The Morgan fingerprint density at radius 3 is 2.71 bits per heavy atom. The third-order valence-corrected chi connectivity index (χ3v) is 3.91. The molecule has 1 N–H and O–H groups in total. The Morgan fingerprint density at radius 1 is 1.19 bits per heavy atom. The van der Waals surface area contributed by atoms with E-state index < -0.39 is 6.10 Å². The second-order valence-electron chi connectivity index (χ2n) is 5.52. The van der Waals surface area contributed by atoms with E-state index in [1.165, 1.54) is 11.1 Å². The Morgan fingerprint density at radius 2 is 2.00 bits per heavy atom. The summed E-state index contributed by atoms with van der Waals surface area (Å²) in [4.78, 5) is 4.75. The van der Waals surface area contributed by atoms with Crippen LogP contribution in [0, 0.1) is 13.8 Å². The normalized spacial score (nSPS) is 12.8. The van der Waals surface area contributed by atoms with E-state index in [2.05, 4.69) is 32.0 Å². The highest BCUT2D eigenvalue weighted by Gasteiger charge is 2.20. The molecule has 21 heavy (non-hydrogen) atoms. The number of nitrogens with zero attached hydrogens (tertiary/aromatic N) is 2. The lowest BCUT2D eigenvalue weighted by Crippen LogP contribution is -2.02. The Balaban J connectivity index is 2.31. The van der Waals surface area contributed by atoms with E-state index in [1.807, 2.05) is 35.7 Å². The predicted molar refractivity (Wildman–Crippen MR) is 85.4 cm³/mol. The summed E-state index contributed by atoms with van der Waals surface area (Å²) < 4.78 is 1.99. The first kappa shape index (κ1) is 13.8. The van der Waals surface area contributed by atoms with Gasteiger partial charge in [-0.05, 0) is 38.0 Å². The zero-order valence-corrected chi connectivity index (χ0v) is 12.7. The van der Waals surface area contributed by atoms with Crippen LogP contribution in [-0.2, 0) is 0 Å². The average Bonchev–Trinajstić information content (AvgIpc) is 2.85. The number of aromatic nitrogens is 2. The van der Waals surface area contributed by atoms with E-state index in [4.69, 9.17) is 4.98 Å². The maximum atomic E-state index is 10.4. The topological polar surface area (TPSA) is 37.5 Å². The molecule has 0 amide bonds. The van der Waals surface area contributed by atoms with Gasteiger partial charge >= 0.3 is 0 Å². The first-order valence-corrected chi connectivity index (χ1v) is 7.34. The Kier molecular flexibility index (Phi) is 3.52. The van der Waals surface area contributed by atoms with E-state index in [9.17, 15) is 5.11 Å². The minimum Gasteiger partial charge on any atom is -0.387 e. The third-order valence-electron chi connectivity index (χ3n) is 3.91. The fourth-order valence-electron chi connectivity index (χ4n) is 2.80. The van der Waals surface area contributed by atoms with E-state index in [0.29, 0.717) is 6.42 Å². The minimum absolute atomic E-state index is 0.516. The largest absolute Gasteiger partial charge is 0.387 e. The van der Waals surface area contributed by atoms with Crippen molar-refractivity contribution >= 4 is 5.65 Å². The molecule has 1 unspecified atom stereocenters. The number of pyridine rings is 1. The predicted octanol–water partition coefficient (Wildman–Crippen LogP) is 4.06. The summed E-state index contributed by atoms with van der Waals surface area (Å²) >= 11 is 0. The van der Waals surface area contributed by atoms with Gasteiger partial charge < -0.3 is 9.51 Å². The average molecular weight is 280 g/mol. The number of fused-ring (bicyclic) bond motifs is 1. The summed E-state index contributed by atoms with van der Waals surface area (Å²) in [5.41, 5.74) is 6.13. The number of benzene rings is 1. The van der Waals surface area contributed by atoms with Gasteiger partial charge in [0, 0.05) is 11.8 Å². The number of hydrogen-bond donors (Lipinski definition) is 1. The molecule has 0 saturated heterocycles. The highest BCUT2D eigenvalue weighted by molar-refractivity contribution is 5.70. The van der Waals surface area contributed by atoms with Crippen LogP contribution in [0.1, 0.15) is 36.3 Å². The van der Waals surface area contributed by atoms with Crippen molar-refractivity contribution in [3.63, 3.8) is 0 Å². The van der Waals surface area contributed by atoms with Crippen LogP contribution in [0.5, 0.6) is 0 Å². The highest BCUT2D eigenvalue weighted by atomic mass is 16.3. The molecule has 1 aromatic carbocycles. The minimum atomic E-state index is -0.516. The van der Waals surface area contributed by atoms with Crippen LogP contribution in [-0.4, -0.2) is 14.5 Å². The van der Waals surface area contributed by atoms with Gasteiger partial charge in [0.2, 0.25) is 0 Å². The fourth-order valence-corrected chi connectivity index (χ4v) is 2.80. The SMILES string of the molecule is CCC(O)c1c(-c2ccc(C)cc2C)nc2ccccn12. The maximum absolute atomic E-state index is 10.4. The molecule has 0 saturated carbocycles. The molecule has 0 aliphatic rings. The lowest BCUT2D eigenvalue weighted by molar-refractivity contribution is 0.168. The molecule has 0 aliphatic heterocycles. The quantitative estimate of drug-likeness (QED) is 0.785. The summed E-state index contributed by atoms with van der Waals surface area (Å²) in [6, 6.07) is 12.2. The molecule has 0 bridgehead atoms. The zero-order chi connectivity index (χ0) is 15.0. The van der Waals surface area contributed by atoms with Crippen molar-refractivity contribution in [2.24, 2.45) is 0 Å². The van der Waals surface area contributed by atoms with Crippen LogP contribution in [0.4, 0.5) is 0 Å². The van der Waals surface area contributed by atoms with Crippen LogP contribution in [0.25, 0.3) is 16.9 Å². The summed E-state index contributed by atoms with van der Waals surface area (Å²) in [5.74, 6) is 0. The van der Waals surface area contributed by atoms with Gasteiger partial charge in [-0.25, -0.2) is 4.98 Å². The summed E-state index contributed by atoms with van der Waals surface area (Å²) in [5, 5.41) is 10.4. The van der Waals surface area contributed by atoms with Gasteiger partial charge in [-0.2, -0.15) is 0 Å². The van der Waals surface area contributed by atoms with Crippen molar-refractivity contribution < 1.29 is 5.11 Å². The monoisotopic (exact) mass is 280 g/mol. The van der Waals surface area contributed by atoms with Crippen LogP contribution in [0.15, 0.2) is 42.6 Å². The summed E-state index contributed by atoms with van der Waals surface area (Å²) in [6.45, 7) is 6.16. The van der Waals surface area contributed by atoms with Gasteiger partial charge in [-0.15, -0.1) is 0 Å². The second-order valence-corrected chi connectivity index (χ2v) is 5.52. The van der Waals surface area contributed by atoms with Gasteiger partial charge in [0.15, 0.2) is 0 Å². The number of rotatable bonds is 3. The number of hydrogen-bond acceptors (Lipinski definition) is 2. The second kappa shape index (κ2) is 5.34. The lowest BCUT2D eigenvalue weighted by atomic mass is 10.00. The Hall–Kier alpha value is -2.13. The van der Waals surface area contributed by atoms with Crippen molar-refractivity contribution in [1.29, 1.82) is 0 Å². The summed E-state index contributed by atoms with van der Waals surface area (Å²) in [7, 11) is 0. The highest BCUT2D eigenvalue weighted by Crippen LogP contribution is 2.32. The zero-order valence-electron chi connectivity index (χ0n) is 12.7. The van der Waals surface area contributed by atoms with Crippen molar-refractivity contribution in [3.05, 3.63) is 59.4 Å². The van der Waals surface area contributed by atoms with Crippen LogP contribution >= 0.6 is 0 Å². The molecule has 0 fully saturated rings. The van der Waals surface area contributed by atoms with Gasteiger partial charge in [0.25, 0.3) is 0 Å². The van der Waals surface area contributed by atoms with Crippen molar-refractivity contribution in [1.82, 2.24) is 9.38 Å². The van der Waals surface area contributed by atoms with Gasteiger partial charge in [0.05, 0.1) is 17.5 Å². The Labute approximate surface area is 124 Å². The number of aliphatic hydroxyl groups excluding tert-OH is 1. The molecular formula is C18H20N2O. The summed E-state index contributed by atoms with van der Waals surface area (Å²) in [6.07, 6.45) is 2.11. The lowest BCUT2D eigenvalue weighted by Gasteiger charge is -2.12. The third kappa shape index (κ3) is 2.34. The molecule has 0 radical (unpaired) electrons. The molecular weight excluding hydrogens is 260 g/mol. The molecule has 2 aromatic heterocycles. The first-order valence-electron chi connectivity index (χ1n) is 7.34. The van der Waals surface area contributed by atoms with Crippen molar-refractivity contribution in [2.45, 2.75) is 33.3 Å². The maximum Gasteiger partial charge on any atom is 0.137 e. The molecule has 3 rings (SSSR count). The van der Waals surface area contributed by atoms with E-state index >= 15 is 0 Å². The number of imidazole rings is 1. The fraction of sp³-hybridized carbons (Fsp3) is 0.278. The van der Waals surface area contributed by atoms with Crippen LogP contribution in [0.3, 0.4) is 0 Å². The molecule has 1 atom stereocenters. The van der Waals surface area contributed by atoms with E-state index in [1.54, 1.807) is 0 Å². The Bertz CT molecular complexity index is 789. The molecule has 3 aromatic rings. The molecule has 0 spiro atoms. The van der Waals surface area contributed by atoms with E-state index in [0.717, 1.165) is 22.6 Å². The van der Waals surface area contributed by atoms with Gasteiger partial charge in [0.1, 0.15) is 5.65 Å². The standard InChI is InChI=1S/C18H20N2O/c1-4-15(21)18-17(14-9-8-12(2)11-13(14)3)19-16-7-5-6-10-20(16)18/h5-11,15,21H,4H2,1-3H3. The molecule has 108 valence electrons. The van der Waals surface area contributed by atoms with Gasteiger partial charge in [-0.3, -0.25) is 0 Å². The van der Waals surface area contributed by atoms with Crippen molar-refractivity contribution in [3.8, 4) is 11.3 Å². The molecule has 2 heterocycles. The molecule has 3 heteroatoms. The number of aryl methyl sites for hydroxylation is 2. The smallest absolute Gasteiger partial charge is 0.137 e. The first-order chi connectivity index (χ1) is 10.1. The van der Waals surface area contributed by atoms with E-state index in [-0.39, 0.29) is 0 Å². The van der Waals surface area contributed by atoms with Gasteiger partial charge in [-0.1, -0.05) is 36.8 Å². The van der Waals surface area contributed by atoms with Crippen LogP contribution < -0.4 is 0 Å².